The summed E-state index contributed by atoms with van der Waals surface area (Å²) in [5, 5.41) is 3.07. The Morgan fingerprint density at radius 3 is 2.56 bits per heavy atom. The van der Waals surface area contributed by atoms with Crippen molar-refractivity contribution in [2.45, 2.75) is 53.2 Å². The number of likely N-dealkylation sites (tertiary alicyclic amines) is 1. The van der Waals surface area contributed by atoms with Crippen LogP contribution in [0.3, 0.4) is 0 Å². The van der Waals surface area contributed by atoms with Gasteiger partial charge in [0.05, 0.1) is 11.0 Å². The number of hydrogen-bond acceptors (Lipinski definition) is 4. The molecule has 0 unspecified atom stereocenters. The quantitative estimate of drug-likeness (QED) is 0.642. The summed E-state index contributed by atoms with van der Waals surface area (Å²) in [7, 11) is 0. The van der Waals surface area contributed by atoms with Gasteiger partial charge in [0.15, 0.2) is 0 Å². The van der Waals surface area contributed by atoms with Crippen LogP contribution in [0.15, 0.2) is 47.3 Å². The van der Waals surface area contributed by atoms with Crippen LogP contribution in [0, 0.1) is 12.8 Å². The van der Waals surface area contributed by atoms with Crippen molar-refractivity contribution in [1.29, 1.82) is 0 Å². The number of carbonyl (C=O) groups excluding carboxylic acids is 1. The van der Waals surface area contributed by atoms with Gasteiger partial charge in [0.1, 0.15) is 5.69 Å². The number of carbonyl (C=O) groups is 1. The molecule has 0 atom stereocenters. The third kappa shape index (κ3) is 4.75. The van der Waals surface area contributed by atoms with Gasteiger partial charge in [-0.25, -0.2) is 4.98 Å². The number of piperidine rings is 1. The van der Waals surface area contributed by atoms with E-state index in [-0.39, 0.29) is 11.5 Å². The minimum absolute atomic E-state index is 0.0861. The van der Waals surface area contributed by atoms with Crippen molar-refractivity contribution in [1.82, 2.24) is 19.8 Å². The van der Waals surface area contributed by atoms with Crippen LogP contribution in [-0.4, -0.2) is 33.4 Å². The normalized spacial score (nSPS) is 15.2. The Bertz CT molecular complexity index is 1180. The fourth-order valence-corrected chi connectivity index (χ4v) is 4.45. The Morgan fingerprint density at radius 2 is 1.84 bits per heavy atom. The van der Waals surface area contributed by atoms with Gasteiger partial charge in [0.2, 0.25) is 0 Å². The maximum atomic E-state index is 12.9. The van der Waals surface area contributed by atoms with E-state index in [1.165, 1.54) is 18.4 Å². The number of fused-ring (bicyclic) bond motifs is 1. The molecule has 1 aromatic heterocycles. The zero-order valence-corrected chi connectivity index (χ0v) is 19.2. The predicted molar refractivity (Wildman–Crippen MR) is 128 cm³/mol. The fourth-order valence-electron chi connectivity index (χ4n) is 4.45. The first kappa shape index (κ1) is 22.2. The molecule has 0 saturated carbocycles. The van der Waals surface area contributed by atoms with Crippen LogP contribution < -0.4 is 10.9 Å². The molecule has 2 aromatic carbocycles. The van der Waals surface area contributed by atoms with Gasteiger partial charge in [-0.3, -0.25) is 14.5 Å². The molecule has 6 heteroatoms. The summed E-state index contributed by atoms with van der Waals surface area (Å²) in [4.78, 5) is 32.1. The smallest absolute Gasteiger partial charge is 0.272 e. The molecule has 3 aromatic rings. The molecule has 1 saturated heterocycles. The molecular weight excluding hydrogens is 400 g/mol. The molecule has 1 aliphatic heterocycles. The van der Waals surface area contributed by atoms with Crippen molar-refractivity contribution >= 4 is 16.9 Å². The number of amides is 1. The van der Waals surface area contributed by atoms with Gasteiger partial charge in [-0.05, 0) is 75.0 Å². The van der Waals surface area contributed by atoms with E-state index in [0.717, 1.165) is 36.6 Å². The molecule has 6 nitrogen and oxygen atoms in total. The second kappa shape index (κ2) is 9.65. The SMILES string of the molecule is CCn1c(=O)c(C)nc2cc(C(=O)NCc3ccccc3CN3CCC(C)CC3)ccc21. The number of aryl methyl sites for hydroxylation is 2. The zero-order valence-electron chi connectivity index (χ0n) is 19.2. The molecule has 1 N–H and O–H groups in total. The van der Waals surface area contributed by atoms with Gasteiger partial charge in [-0.1, -0.05) is 31.2 Å². The Kier molecular flexibility index (Phi) is 6.70. The topological polar surface area (TPSA) is 67.2 Å². The van der Waals surface area contributed by atoms with Crippen molar-refractivity contribution in [2.24, 2.45) is 5.92 Å². The first-order valence-electron chi connectivity index (χ1n) is 11.5. The van der Waals surface area contributed by atoms with E-state index in [1.54, 1.807) is 23.6 Å². The summed E-state index contributed by atoms with van der Waals surface area (Å²) >= 11 is 0. The largest absolute Gasteiger partial charge is 0.348 e. The van der Waals surface area contributed by atoms with E-state index in [4.69, 9.17) is 0 Å². The van der Waals surface area contributed by atoms with E-state index in [1.807, 2.05) is 19.1 Å². The first-order valence-corrected chi connectivity index (χ1v) is 11.5. The highest BCUT2D eigenvalue weighted by molar-refractivity contribution is 5.97. The second-order valence-electron chi connectivity index (χ2n) is 8.86. The first-order chi connectivity index (χ1) is 15.5. The highest BCUT2D eigenvalue weighted by Crippen LogP contribution is 2.20. The number of aromatic nitrogens is 2. The molecule has 0 radical (unpaired) electrons. The van der Waals surface area contributed by atoms with Crippen LogP contribution in [0.4, 0.5) is 0 Å². The van der Waals surface area contributed by atoms with Gasteiger partial charge in [-0.2, -0.15) is 0 Å². The molecule has 168 valence electrons. The molecule has 0 aliphatic carbocycles. The zero-order chi connectivity index (χ0) is 22.7. The third-order valence-electron chi connectivity index (χ3n) is 6.52. The number of benzene rings is 2. The lowest BCUT2D eigenvalue weighted by Crippen LogP contribution is -2.33. The second-order valence-corrected chi connectivity index (χ2v) is 8.86. The summed E-state index contributed by atoms with van der Waals surface area (Å²) in [5.74, 6) is 0.676. The lowest BCUT2D eigenvalue weighted by molar-refractivity contribution is 0.0950. The molecule has 1 amide bonds. The maximum Gasteiger partial charge on any atom is 0.272 e. The third-order valence-corrected chi connectivity index (χ3v) is 6.52. The Balaban J connectivity index is 1.48. The van der Waals surface area contributed by atoms with E-state index in [2.05, 4.69) is 40.3 Å². The minimum atomic E-state index is -0.137. The van der Waals surface area contributed by atoms with Gasteiger partial charge in [-0.15, -0.1) is 0 Å². The molecule has 1 aliphatic rings. The lowest BCUT2D eigenvalue weighted by atomic mass is 9.98. The lowest BCUT2D eigenvalue weighted by Gasteiger charge is -2.30. The van der Waals surface area contributed by atoms with Crippen LogP contribution in [0.2, 0.25) is 0 Å². The van der Waals surface area contributed by atoms with Crippen molar-refractivity contribution in [3.05, 3.63) is 75.2 Å². The van der Waals surface area contributed by atoms with Crippen LogP contribution in [0.25, 0.3) is 11.0 Å². The van der Waals surface area contributed by atoms with Crippen LogP contribution in [0.1, 0.15) is 53.9 Å². The van der Waals surface area contributed by atoms with E-state index >= 15 is 0 Å². The standard InChI is InChI=1S/C26H32N4O2/c1-4-30-24-10-9-20(15-23(24)28-19(3)26(30)32)25(31)27-16-21-7-5-6-8-22(21)17-29-13-11-18(2)12-14-29/h5-10,15,18H,4,11-14,16-17H2,1-3H3,(H,27,31). The van der Waals surface area contributed by atoms with E-state index < -0.39 is 0 Å². The number of nitrogens with zero attached hydrogens (tertiary/aromatic N) is 3. The van der Waals surface area contributed by atoms with Crippen molar-refractivity contribution in [2.75, 3.05) is 13.1 Å². The van der Waals surface area contributed by atoms with Crippen molar-refractivity contribution < 1.29 is 4.79 Å². The van der Waals surface area contributed by atoms with Crippen molar-refractivity contribution in [3.8, 4) is 0 Å². The Labute approximate surface area is 189 Å². The summed E-state index contributed by atoms with van der Waals surface area (Å²) < 4.78 is 1.69. The molecule has 2 heterocycles. The molecule has 0 bridgehead atoms. The summed E-state index contributed by atoms with van der Waals surface area (Å²) in [5.41, 5.74) is 4.74. The number of hydrogen-bond donors (Lipinski definition) is 1. The van der Waals surface area contributed by atoms with Crippen LogP contribution >= 0.6 is 0 Å². The summed E-state index contributed by atoms with van der Waals surface area (Å²) in [6.45, 7) is 10.2. The fraction of sp³-hybridized carbons (Fsp3) is 0.423. The molecular formula is C26H32N4O2. The number of rotatable bonds is 6. The van der Waals surface area contributed by atoms with Crippen LogP contribution in [-0.2, 0) is 19.6 Å². The average Bonchev–Trinajstić information content (AvgIpc) is 2.80. The maximum absolute atomic E-state index is 12.9. The molecule has 32 heavy (non-hydrogen) atoms. The highest BCUT2D eigenvalue weighted by atomic mass is 16.1. The summed E-state index contributed by atoms with van der Waals surface area (Å²) in [6.07, 6.45) is 2.50. The Hall–Kier alpha value is -2.99. The van der Waals surface area contributed by atoms with Crippen LogP contribution in [0.5, 0.6) is 0 Å². The number of nitrogens with one attached hydrogen (secondary N) is 1. The summed E-state index contributed by atoms with van der Waals surface area (Å²) in [6, 6.07) is 13.7. The Morgan fingerprint density at radius 1 is 1.12 bits per heavy atom. The van der Waals surface area contributed by atoms with Gasteiger partial charge < -0.3 is 9.88 Å². The van der Waals surface area contributed by atoms with Gasteiger partial charge in [0, 0.05) is 25.2 Å². The molecule has 1 fully saturated rings. The monoisotopic (exact) mass is 432 g/mol. The molecule has 0 spiro atoms. The minimum Gasteiger partial charge on any atom is -0.348 e. The van der Waals surface area contributed by atoms with E-state index in [9.17, 15) is 9.59 Å². The average molecular weight is 433 g/mol. The van der Waals surface area contributed by atoms with Crippen molar-refractivity contribution in [3.63, 3.8) is 0 Å². The predicted octanol–water partition coefficient (Wildman–Crippen LogP) is 3.89. The van der Waals surface area contributed by atoms with E-state index in [0.29, 0.717) is 29.9 Å². The molecule has 4 rings (SSSR count). The highest BCUT2D eigenvalue weighted by Gasteiger charge is 2.17. The van der Waals surface area contributed by atoms with Gasteiger partial charge in [0.25, 0.3) is 11.5 Å². The van der Waals surface area contributed by atoms with Gasteiger partial charge >= 0.3 is 0 Å².